The van der Waals surface area contributed by atoms with Crippen molar-refractivity contribution in [1.29, 1.82) is 0 Å². The molecule has 27 heavy (non-hydrogen) atoms. The van der Waals surface area contributed by atoms with Crippen molar-refractivity contribution in [3.63, 3.8) is 0 Å². The van der Waals surface area contributed by atoms with E-state index in [-0.39, 0.29) is 23.9 Å². The lowest BCUT2D eigenvalue weighted by molar-refractivity contribution is -0.138. The first-order chi connectivity index (χ1) is 12.4. The molecule has 0 spiro atoms. The number of phenols is 1. The Morgan fingerprint density at radius 1 is 1.33 bits per heavy atom. The smallest absolute Gasteiger partial charge is 0.417 e. The van der Waals surface area contributed by atoms with Gasteiger partial charge in [-0.05, 0) is 25.5 Å². The summed E-state index contributed by atoms with van der Waals surface area (Å²) in [6.07, 6.45) is -4.35. The Balaban J connectivity index is 3.64. The molecule has 0 unspecified atom stereocenters. The Morgan fingerprint density at radius 2 is 1.93 bits per heavy atom. The summed E-state index contributed by atoms with van der Waals surface area (Å²) in [5.74, 6) is -1.95. The fraction of sp³-hybridized carbons (Fsp3) is 0.412. The van der Waals surface area contributed by atoms with E-state index in [2.05, 4.69) is 17.6 Å². The molecule has 0 aromatic heterocycles. The number of amidine groups is 1. The highest BCUT2D eigenvalue weighted by molar-refractivity contribution is 7.84. The number of hydrogen-bond donors (Lipinski definition) is 3. The van der Waals surface area contributed by atoms with Crippen molar-refractivity contribution >= 4 is 30.1 Å². The highest BCUT2D eigenvalue weighted by atomic mass is 32.1. The maximum absolute atomic E-state index is 13.2. The van der Waals surface area contributed by atoms with Crippen LogP contribution >= 0.6 is 12.6 Å². The number of ether oxygens (including phenoxy) is 1. The molecule has 0 radical (unpaired) electrons. The van der Waals surface area contributed by atoms with Gasteiger partial charge in [0.15, 0.2) is 17.3 Å². The van der Waals surface area contributed by atoms with Gasteiger partial charge in [-0.15, -0.1) is 12.6 Å². The number of carbonyl (C=O) groups is 1. The van der Waals surface area contributed by atoms with E-state index in [0.717, 1.165) is 11.0 Å². The van der Waals surface area contributed by atoms with Crippen molar-refractivity contribution in [2.45, 2.75) is 26.4 Å². The molecular weight excluding hydrogens is 383 g/mol. The molecule has 3 N–H and O–H groups in total. The molecule has 0 saturated heterocycles. The van der Waals surface area contributed by atoms with Gasteiger partial charge in [0.05, 0.1) is 17.7 Å². The van der Waals surface area contributed by atoms with Gasteiger partial charge in [0, 0.05) is 19.0 Å². The topological polar surface area (TPSA) is 88.2 Å². The largest absolute Gasteiger partial charge is 0.505 e. The maximum Gasteiger partial charge on any atom is 0.417 e. The number of amides is 1. The fourth-order valence-corrected chi connectivity index (χ4v) is 2.32. The molecule has 0 fully saturated rings. The lowest BCUT2D eigenvalue weighted by Gasteiger charge is -2.18. The molecule has 0 saturated carbocycles. The number of phenolic OH excluding ortho intramolecular Hbond substituents is 1. The third-order valence-electron chi connectivity index (χ3n) is 3.44. The number of rotatable bonds is 6. The van der Waals surface area contributed by atoms with Crippen molar-refractivity contribution in [2.24, 2.45) is 10.7 Å². The van der Waals surface area contributed by atoms with Gasteiger partial charge in [0.1, 0.15) is 5.69 Å². The molecule has 0 aliphatic heterocycles. The molecule has 0 bridgehead atoms. The molecule has 0 aliphatic carbocycles. The van der Waals surface area contributed by atoms with Gasteiger partial charge in [0.25, 0.3) is 5.91 Å². The minimum Gasteiger partial charge on any atom is -0.505 e. The van der Waals surface area contributed by atoms with E-state index in [1.165, 1.54) is 14.1 Å². The second-order valence-corrected chi connectivity index (χ2v) is 6.15. The van der Waals surface area contributed by atoms with E-state index in [1.54, 1.807) is 13.8 Å². The Morgan fingerprint density at radius 3 is 2.37 bits per heavy atom. The van der Waals surface area contributed by atoms with Crippen LogP contribution in [0, 0.1) is 0 Å². The molecule has 1 aromatic carbocycles. The summed E-state index contributed by atoms with van der Waals surface area (Å²) in [7, 11) is 2.55. The van der Waals surface area contributed by atoms with Crippen molar-refractivity contribution in [3.05, 3.63) is 33.9 Å². The number of halogens is 3. The average molecular weight is 405 g/mol. The minimum absolute atomic E-state index is 0.156. The van der Waals surface area contributed by atoms with E-state index in [0.29, 0.717) is 17.4 Å². The maximum atomic E-state index is 13.2. The van der Waals surface area contributed by atoms with Crippen molar-refractivity contribution in [2.75, 3.05) is 20.7 Å². The predicted octanol–water partition coefficient (Wildman–Crippen LogP) is 3.69. The lowest BCUT2D eigenvalue weighted by Crippen LogP contribution is -2.25. The second-order valence-electron chi connectivity index (χ2n) is 5.61. The molecule has 1 amide bonds. The summed E-state index contributed by atoms with van der Waals surface area (Å²) in [4.78, 5) is 17.6. The molecule has 0 atom stereocenters. The monoisotopic (exact) mass is 405 g/mol. The zero-order valence-electron chi connectivity index (χ0n) is 15.4. The molecule has 10 heteroatoms. The fourth-order valence-electron chi connectivity index (χ4n) is 2.14. The van der Waals surface area contributed by atoms with Crippen LogP contribution in [-0.4, -0.2) is 42.5 Å². The number of benzene rings is 1. The summed E-state index contributed by atoms with van der Waals surface area (Å²) in [5.41, 5.74) is 3.43. The second kappa shape index (κ2) is 9.03. The van der Waals surface area contributed by atoms with Crippen LogP contribution in [0.25, 0.3) is 0 Å². The van der Waals surface area contributed by atoms with E-state index >= 15 is 0 Å². The van der Waals surface area contributed by atoms with Crippen LogP contribution in [0.2, 0.25) is 0 Å². The number of carbonyl (C=O) groups excluding carboxylic acids is 1. The highest BCUT2D eigenvalue weighted by Gasteiger charge is 2.38. The van der Waals surface area contributed by atoms with Crippen LogP contribution in [0.1, 0.15) is 36.2 Å². The number of aliphatic imine (C=N–C) groups is 1. The van der Waals surface area contributed by atoms with Crippen LogP contribution in [0.5, 0.6) is 5.75 Å². The van der Waals surface area contributed by atoms with Gasteiger partial charge in [-0.25, -0.2) is 4.99 Å². The number of nitrogens with zero attached hydrogens (tertiary/aromatic N) is 2. The Hall–Kier alpha value is -2.36. The molecule has 6 nitrogen and oxygen atoms in total. The summed E-state index contributed by atoms with van der Waals surface area (Å²) < 4.78 is 45.1. The van der Waals surface area contributed by atoms with Gasteiger partial charge < -0.3 is 20.5 Å². The normalized spacial score (nSPS) is 13.3. The molecule has 0 aliphatic rings. The average Bonchev–Trinajstić information content (AvgIpc) is 2.58. The standard InChI is InChI=1S/C17H22F3N3O3S/c1-5-11(27)14(26-6-2)15(21)22-10-8-7-9(17(18,19)20)12(13(10)24)16(25)23(3)4/h7-8,24,27H,5-6H2,1-4H3,(H2,21,22)/b14-11+. The van der Waals surface area contributed by atoms with Gasteiger partial charge in [-0.1, -0.05) is 6.92 Å². The zero-order chi connectivity index (χ0) is 20.9. The van der Waals surface area contributed by atoms with E-state index in [1.807, 2.05) is 0 Å². The molecular formula is C17H22F3N3O3S. The lowest BCUT2D eigenvalue weighted by atomic mass is 10.0. The van der Waals surface area contributed by atoms with Crippen molar-refractivity contribution < 1.29 is 27.8 Å². The summed E-state index contributed by atoms with van der Waals surface area (Å²) in [6, 6.07) is 1.61. The van der Waals surface area contributed by atoms with Crippen LogP contribution in [0.4, 0.5) is 18.9 Å². The van der Waals surface area contributed by atoms with Crippen LogP contribution < -0.4 is 5.73 Å². The van der Waals surface area contributed by atoms with E-state index in [4.69, 9.17) is 10.5 Å². The quantitative estimate of drug-likeness (QED) is 0.292. The van der Waals surface area contributed by atoms with Gasteiger partial charge in [-0.3, -0.25) is 4.79 Å². The number of hydrogen-bond acceptors (Lipinski definition) is 5. The third kappa shape index (κ3) is 5.31. The number of thiol groups is 1. The van der Waals surface area contributed by atoms with Crippen molar-refractivity contribution in [3.8, 4) is 5.75 Å². The van der Waals surface area contributed by atoms with E-state index in [9.17, 15) is 23.1 Å². The first-order valence-corrected chi connectivity index (χ1v) is 8.44. The van der Waals surface area contributed by atoms with Crippen LogP contribution in [0.15, 0.2) is 27.8 Å². The van der Waals surface area contributed by atoms with Crippen LogP contribution in [-0.2, 0) is 10.9 Å². The minimum atomic E-state index is -4.83. The number of alkyl halides is 3. The Kier molecular flexibility index (Phi) is 7.58. The molecule has 0 heterocycles. The first kappa shape index (κ1) is 22.7. The Bertz CT molecular complexity index is 775. The Labute approximate surface area is 160 Å². The van der Waals surface area contributed by atoms with Crippen LogP contribution in [0.3, 0.4) is 0 Å². The molecule has 1 aromatic rings. The summed E-state index contributed by atoms with van der Waals surface area (Å²) >= 11 is 4.25. The SMILES string of the molecule is CCO/C(C(N)=Nc1ccc(C(F)(F)F)c(C(=O)N(C)C)c1O)=C(/S)CC. The first-order valence-electron chi connectivity index (χ1n) is 7.99. The number of nitrogens with two attached hydrogens (primary N) is 1. The van der Waals surface area contributed by atoms with Gasteiger partial charge in [-0.2, -0.15) is 13.2 Å². The summed E-state index contributed by atoms with van der Waals surface area (Å²) in [6.45, 7) is 3.78. The van der Waals surface area contributed by atoms with E-state index < -0.39 is 29.0 Å². The summed E-state index contributed by atoms with van der Waals surface area (Å²) in [5, 5.41) is 10.3. The number of allylic oxidation sites excluding steroid dienone is 1. The third-order valence-corrected chi connectivity index (χ3v) is 3.96. The molecule has 150 valence electrons. The predicted molar refractivity (Wildman–Crippen MR) is 100 cm³/mol. The van der Waals surface area contributed by atoms with Gasteiger partial charge >= 0.3 is 6.18 Å². The molecule has 1 rings (SSSR count). The highest BCUT2D eigenvalue weighted by Crippen LogP contribution is 2.41. The number of aromatic hydroxyl groups is 1. The van der Waals surface area contributed by atoms with Crippen molar-refractivity contribution in [1.82, 2.24) is 4.90 Å². The van der Waals surface area contributed by atoms with Gasteiger partial charge in [0.2, 0.25) is 0 Å². The zero-order valence-corrected chi connectivity index (χ0v) is 16.3.